The number of hydrogen-bond acceptors (Lipinski definition) is 3. The van der Waals surface area contributed by atoms with Crippen LogP contribution in [0.5, 0.6) is 0 Å². The van der Waals surface area contributed by atoms with E-state index in [9.17, 15) is 8.78 Å². The number of nitrogen functional groups attached to an aromatic ring is 1. The second kappa shape index (κ2) is 5.18. The standard InChI is InChI=1S/C15H9ClF2N2O/c16-11-4-2-1-3-9(11)13-14(21-20-15(13)19)10-7-8(17)5-6-12(10)18/h1-7H,(H2,19,20). The Balaban J connectivity index is 2.27. The lowest BCUT2D eigenvalue weighted by atomic mass is 10.0. The lowest BCUT2D eigenvalue weighted by Gasteiger charge is -2.06. The third-order valence-corrected chi connectivity index (χ3v) is 3.36. The summed E-state index contributed by atoms with van der Waals surface area (Å²) in [5.74, 6) is -1.13. The van der Waals surface area contributed by atoms with Crippen LogP contribution in [-0.4, -0.2) is 5.16 Å². The fourth-order valence-corrected chi connectivity index (χ4v) is 2.31. The Bertz CT molecular complexity index is 817. The topological polar surface area (TPSA) is 52.0 Å². The number of nitrogens with two attached hydrogens (primary N) is 1. The Morgan fingerprint density at radius 1 is 1.05 bits per heavy atom. The molecule has 0 atom stereocenters. The molecule has 0 saturated carbocycles. The van der Waals surface area contributed by atoms with Crippen molar-refractivity contribution in [1.82, 2.24) is 5.16 Å². The normalized spacial score (nSPS) is 10.8. The summed E-state index contributed by atoms with van der Waals surface area (Å²) in [5.41, 5.74) is 6.60. The van der Waals surface area contributed by atoms with E-state index < -0.39 is 11.6 Å². The Kier molecular flexibility index (Phi) is 3.35. The van der Waals surface area contributed by atoms with E-state index >= 15 is 0 Å². The van der Waals surface area contributed by atoms with Crippen molar-refractivity contribution in [2.75, 3.05) is 5.73 Å². The molecule has 0 aliphatic heterocycles. The molecule has 0 saturated heterocycles. The molecule has 0 radical (unpaired) electrons. The first kappa shape index (κ1) is 13.6. The SMILES string of the molecule is Nc1noc(-c2cc(F)ccc2F)c1-c1ccccc1Cl. The number of benzene rings is 2. The summed E-state index contributed by atoms with van der Waals surface area (Å²) < 4.78 is 32.4. The van der Waals surface area contributed by atoms with Crippen LogP contribution in [-0.2, 0) is 0 Å². The third-order valence-electron chi connectivity index (χ3n) is 3.03. The molecule has 2 aromatic carbocycles. The van der Waals surface area contributed by atoms with Crippen LogP contribution in [0.25, 0.3) is 22.5 Å². The van der Waals surface area contributed by atoms with Crippen molar-refractivity contribution in [3.05, 3.63) is 59.1 Å². The summed E-state index contributed by atoms with van der Waals surface area (Å²) in [6.07, 6.45) is 0. The lowest BCUT2D eigenvalue weighted by Crippen LogP contribution is -1.91. The van der Waals surface area contributed by atoms with Gasteiger partial charge in [0.2, 0.25) is 0 Å². The van der Waals surface area contributed by atoms with Crippen LogP contribution in [0.15, 0.2) is 47.0 Å². The summed E-state index contributed by atoms with van der Waals surface area (Å²) in [4.78, 5) is 0. The van der Waals surface area contributed by atoms with Gasteiger partial charge in [0.25, 0.3) is 0 Å². The quantitative estimate of drug-likeness (QED) is 0.757. The highest BCUT2D eigenvalue weighted by molar-refractivity contribution is 6.33. The van der Waals surface area contributed by atoms with Gasteiger partial charge in [0.05, 0.1) is 11.1 Å². The van der Waals surface area contributed by atoms with Crippen molar-refractivity contribution in [1.29, 1.82) is 0 Å². The average molecular weight is 307 g/mol. The molecule has 0 bridgehead atoms. The molecule has 3 nitrogen and oxygen atoms in total. The second-order valence-electron chi connectivity index (χ2n) is 4.38. The predicted molar refractivity (Wildman–Crippen MR) is 76.7 cm³/mol. The zero-order valence-corrected chi connectivity index (χ0v) is 11.4. The van der Waals surface area contributed by atoms with E-state index in [1.54, 1.807) is 24.3 Å². The zero-order valence-electron chi connectivity index (χ0n) is 10.6. The second-order valence-corrected chi connectivity index (χ2v) is 4.78. The Morgan fingerprint density at radius 3 is 2.57 bits per heavy atom. The van der Waals surface area contributed by atoms with Gasteiger partial charge in [-0.3, -0.25) is 0 Å². The molecule has 0 spiro atoms. The highest BCUT2D eigenvalue weighted by Crippen LogP contribution is 2.40. The van der Waals surface area contributed by atoms with Gasteiger partial charge in [0.15, 0.2) is 11.6 Å². The number of hydrogen-bond donors (Lipinski definition) is 1. The van der Waals surface area contributed by atoms with Crippen LogP contribution in [0.3, 0.4) is 0 Å². The molecule has 3 aromatic rings. The summed E-state index contributed by atoms with van der Waals surface area (Å²) in [7, 11) is 0. The van der Waals surface area contributed by atoms with E-state index in [-0.39, 0.29) is 17.1 Å². The fraction of sp³-hybridized carbons (Fsp3) is 0. The van der Waals surface area contributed by atoms with Crippen LogP contribution in [0.4, 0.5) is 14.6 Å². The monoisotopic (exact) mass is 306 g/mol. The van der Waals surface area contributed by atoms with Crippen LogP contribution < -0.4 is 5.73 Å². The largest absolute Gasteiger partial charge is 0.380 e. The van der Waals surface area contributed by atoms with E-state index in [0.29, 0.717) is 16.1 Å². The van der Waals surface area contributed by atoms with Crippen molar-refractivity contribution in [3.63, 3.8) is 0 Å². The number of anilines is 1. The first-order valence-electron chi connectivity index (χ1n) is 6.03. The van der Waals surface area contributed by atoms with Gasteiger partial charge in [-0.1, -0.05) is 35.0 Å². The molecular formula is C15H9ClF2N2O. The van der Waals surface area contributed by atoms with Gasteiger partial charge in [-0.25, -0.2) is 8.78 Å². The minimum atomic E-state index is -0.638. The van der Waals surface area contributed by atoms with E-state index in [0.717, 1.165) is 18.2 Å². The first-order chi connectivity index (χ1) is 10.1. The minimum Gasteiger partial charge on any atom is -0.380 e. The van der Waals surface area contributed by atoms with E-state index in [2.05, 4.69) is 5.16 Å². The molecule has 3 rings (SSSR count). The summed E-state index contributed by atoms with van der Waals surface area (Å²) in [6, 6.07) is 9.92. The highest BCUT2D eigenvalue weighted by Gasteiger charge is 2.22. The molecule has 0 amide bonds. The summed E-state index contributed by atoms with van der Waals surface area (Å²) in [6.45, 7) is 0. The molecular weight excluding hydrogens is 298 g/mol. The zero-order chi connectivity index (χ0) is 15.0. The van der Waals surface area contributed by atoms with Crippen LogP contribution in [0.1, 0.15) is 0 Å². The number of rotatable bonds is 2. The van der Waals surface area contributed by atoms with Gasteiger partial charge in [0.1, 0.15) is 11.6 Å². The molecule has 2 N–H and O–H groups in total. The van der Waals surface area contributed by atoms with E-state index in [4.69, 9.17) is 21.9 Å². The van der Waals surface area contributed by atoms with Gasteiger partial charge in [-0.15, -0.1) is 0 Å². The predicted octanol–water partition coefficient (Wildman–Crippen LogP) is 4.52. The van der Waals surface area contributed by atoms with Gasteiger partial charge >= 0.3 is 0 Å². The minimum absolute atomic E-state index is 0.0394. The average Bonchev–Trinajstić information content (AvgIpc) is 2.84. The maximum Gasteiger partial charge on any atom is 0.180 e. The molecule has 21 heavy (non-hydrogen) atoms. The van der Waals surface area contributed by atoms with Gasteiger partial charge in [-0.05, 0) is 24.3 Å². The van der Waals surface area contributed by atoms with Gasteiger partial charge < -0.3 is 10.3 Å². The Hall–Kier alpha value is -2.40. The number of halogens is 3. The molecule has 0 fully saturated rings. The van der Waals surface area contributed by atoms with Crippen LogP contribution in [0, 0.1) is 11.6 Å². The van der Waals surface area contributed by atoms with Crippen molar-refractivity contribution >= 4 is 17.4 Å². The van der Waals surface area contributed by atoms with Crippen molar-refractivity contribution in [2.24, 2.45) is 0 Å². The maximum absolute atomic E-state index is 13.9. The summed E-state index contributed by atoms with van der Waals surface area (Å²) in [5, 5.41) is 4.04. The van der Waals surface area contributed by atoms with E-state index in [1.807, 2.05) is 0 Å². The van der Waals surface area contributed by atoms with Crippen molar-refractivity contribution in [3.8, 4) is 22.5 Å². The molecule has 0 aliphatic carbocycles. The number of aromatic nitrogens is 1. The van der Waals surface area contributed by atoms with Gasteiger partial charge in [0, 0.05) is 10.6 Å². The Morgan fingerprint density at radius 2 is 1.81 bits per heavy atom. The maximum atomic E-state index is 13.9. The molecule has 106 valence electrons. The third kappa shape index (κ3) is 2.36. The van der Waals surface area contributed by atoms with Gasteiger partial charge in [-0.2, -0.15) is 0 Å². The van der Waals surface area contributed by atoms with Crippen LogP contribution in [0.2, 0.25) is 5.02 Å². The Labute approximate surface area is 123 Å². The van der Waals surface area contributed by atoms with Crippen LogP contribution >= 0.6 is 11.6 Å². The molecule has 0 aliphatic rings. The van der Waals surface area contributed by atoms with Crippen molar-refractivity contribution < 1.29 is 13.3 Å². The molecule has 0 unspecified atom stereocenters. The number of nitrogens with zero attached hydrogens (tertiary/aromatic N) is 1. The molecule has 1 aromatic heterocycles. The first-order valence-corrected chi connectivity index (χ1v) is 6.41. The summed E-state index contributed by atoms with van der Waals surface area (Å²) >= 11 is 6.13. The fourth-order valence-electron chi connectivity index (χ4n) is 2.08. The van der Waals surface area contributed by atoms with E-state index in [1.165, 1.54) is 0 Å². The molecule has 1 heterocycles. The molecule has 6 heteroatoms. The lowest BCUT2D eigenvalue weighted by molar-refractivity contribution is 0.433. The smallest absolute Gasteiger partial charge is 0.180 e. The highest BCUT2D eigenvalue weighted by atomic mass is 35.5. The van der Waals surface area contributed by atoms with Crippen molar-refractivity contribution in [2.45, 2.75) is 0 Å².